The van der Waals surface area contributed by atoms with Gasteiger partial charge in [-0.05, 0) is 54.2 Å². The van der Waals surface area contributed by atoms with Crippen LogP contribution in [0.4, 0.5) is 11.4 Å². The fourth-order valence-electron chi connectivity index (χ4n) is 3.62. The van der Waals surface area contributed by atoms with Crippen LogP contribution in [0.5, 0.6) is 5.75 Å². The maximum atomic E-state index is 12.9. The summed E-state index contributed by atoms with van der Waals surface area (Å²) < 4.78 is 5.24. The maximum Gasteiger partial charge on any atom is 0.241 e. The highest BCUT2D eigenvalue weighted by molar-refractivity contribution is 5.99. The highest BCUT2D eigenvalue weighted by Gasteiger charge is 2.25. The van der Waals surface area contributed by atoms with E-state index in [0.29, 0.717) is 31.0 Å². The normalized spacial score (nSPS) is 13.4. The molecule has 1 atom stereocenters. The smallest absolute Gasteiger partial charge is 0.241 e. The number of amides is 2. The fourth-order valence-corrected chi connectivity index (χ4v) is 3.62. The second-order valence-corrected chi connectivity index (χ2v) is 7.89. The number of methoxy groups -OCH3 is 1. The number of nitrogens with zero attached hydrogens (tertiary/aromatic N) is 1. The predicted octanol–water partition coefficient (Wildman–Crippen LogP) is 3.56. The van der Waals surface area contributed by atoms with Crippen molar-refractivity contribution in [1.82, 2.24) is 0 Å². The summed E-state index contributed by atoms with van der Waals surface area (Å²) in [6.07, 6.45) is 1.73. The Balaban J connectivity index is 0.00000320. The summed E-state index contributed by atoms with van der Waals surface area (Å²) in [5, 5.41) is 2.88. The van der Waals surface area contributed by atoms with Crippen molar-refractivity contribution in [3.63, 3.8) is 0 Å². The summed E-state index contributed by atoms with van der Waals surface area (Å²) in [7, 11) is 1.61. The lowest BCUT2D eigenvalue weighted by molar-refractivity contribution is -0.118. The van der Waals surface area contributed by atoms with Gasteiger partial charge >= 0.3 is 0 Å². The lowest BCUT2D eigenvalue weighted by Gasteiger charge is -2.19. The van der Waals surface area contributed by atoms with Crippen molar-refractivity contribution in [3.8, 4) is 5.75 Å². The van der Waals surface area contributed by atoms with Gasteiger partial charge in [-0.25, -0.2) is 0 Å². The molecule has 30 heavy (non-hydrogen) atoms. The van der Waals surface area contributed by atoms with Crippen LogP contribution in [0.25, 0.3) is 0 Å². The average Bonchev–Trinajstić information content (AvgIpc) is 3.11. The minimum atomic E-state index is -0.547. The van der Waals surface area contributed by atoms with Crippen molar-refractivity contribution in [3.05, 3.63) is 53.6 Å². The van der Waals surface area contributed by atoms with Crippen LogP contribution >= 0.6 is 12.4 Å². The summed E-state index contributed by atoms with van der Waals surface area (Å²) in [6, 6.07) is 12.7. The molecule has 2 amide bonds. The van der Waals surface area contributed by atoms with Crippen LogP contribution in [-0.4, -0.2) is 31.5 Å². The van der Waals surface area contributed by atoms with Crippen molar-refractivity contribution < 1.29 is 14.3 Å². The molecule has 0 bridgehead atoms. The number of hydrogen-bond acceptors (Lipinski definition) is 4. The molecule has 3 rings (SSSR count). The van der Waals surface area contributed by atoms with Crippen LogP contribution in [0.15, 0.2) is 42.5 Å². The van der Waals surface area contributed by atoms with E-state index in [9.17, 15) is 9.59 Å². The minimum Gasteiger partial charge on any atom is -0.497 e. The standard InChI is InChI=1S/C23H29N3O3.ClH/c1-15(2)11-20(24)23(28)25-18-8-7-17-9-10-26(21(17)14-18)22(27)13-16-5-4-6-19(12-16)29-3;/h4-8,12,14-15,20H,9-11,13,24H2,1-3H3,(H,25,28);1H/t20-;/m0./s1. The Morgan fingerprint density at radius 2 is 1.97 bits per heavy atom. The van der Waals surface area contributed by atoms with E-state index in [1.54, 1.807) is 12.0 Å². The molecule has 0 fully saturated rings. The number of rotatable bonds is 7. The molecule has 6 nitrogen and oxygen atoms in total. The molecule has 162 valence electrons. The molecule has 0 saturated heterocycles. The molecule has 1 aliphatic rings. The summed E-state index contributed by atoms with van der Waals surface area (Å²) in [6.45, 7) is 4.71. The number of nitrogens with two attached hydrogens (primary N) is 1. The number of fused-ring (bicyclic) bond motifs is 1. The maximum absolute atomic E-state index is 12.9. The van der Waals surface area contributed by atoms with E-state index < -0.39 is 6.04 Å². The first-order chi connectivity index (χ1) is 13.9. The number of ether oxygens (including phenoxy) is 1. The van der Waals surface area contributed by atoms with Gasteiger partial charge in [-0.15, -0.1) is 12.4 Å². The van der Waals surface area contributed by atoms with Crippen LogP contribution in [0.2, 0.25) is 0 Å². The largest absolute Gasteiger partial charge is 0.497 e. The molecule has 1 aliphatic heterocycles. The van der Waals surface area contributed by atoms with Gasteiger partial charge in [0.2, 0.25) is 11.8 Å². The Kier molecular flexibility index (Phi) is 8.26. The van der Waals surface area contributed by atoms with Gasteiger partial charge in [0.25, 0.3) is 0 Å². The van der Waals surface area contributed by atoms with Crippen molar-refractivity contribution in [2.24, 2.45) is 11.7 Å². The van der Waals surface area contributed by atoms with Crippen LogP contribution in [-0.2, 0) is 22.4 Å². The lowest BCUT2D eigenvalue weighted by atomic mass is 10.0. The molecule has 0 aromatic heterocycles. The molecule has 0 spiro atoms. The van der Waals surface area contributed by atoms with E-state index in [1.807, 2.05) is 56.3 Å². The van der Waals surface area contributed by atoms with Crippen molar-refractivity contribution in [1.29, 1.82) is 0 Å². The Morgan fingerprint density at radius 1 is 1.20 bits per heavy atom. The van der Waals surface area contributed by atoms with Gasteiger partial charge in [0.1, 0.15) is 5.75 Å². The third kappa shape index (κ3) is 5.74. The Hall–Kier alpha value is -2.57. The average molecular weight is 432 g/mol. The van der Waals surface area contributed by atoms with Gasteiger partial charge in [0.05, 0.1) is 19.6 Å². The summed E-state index contributed by atoms with van der Waals surface area (Å²) in [5.41, 5.74) is 9.51. The SMILES string of the molecule is COc1cccc(CC(=O)N2CCc3ccc(NC(=O)[C@@H](N)CC(C)C)cc32)c1.Cl. The molecule has 2 aromatic carbocycles. The number of benzene rings is 2. The quantitative estimate of drug-likeness (QED) is 0.701. The molecule has 3 N–H and O–H groups in total. The van der Waals surface area contributed by atoms with Gasteiger partial charge in [-0.1, -0.05) is 32.0 Å². The molecule has 1 heterocycles. The molecule has 0 unspecified atom stereocenters. The zero-order chi connectivity index (χ0) is 21.0. The highest BCUT2D eigenvalue weighted by Crippen LogP contribution is 2.31. The van der Waals surface area contributed by atoms with E-state index in [-0.39, 0.29) is 24.2 Å². The Labute approximate surface area is 184 Å². The monoisotopic (exact) mass is 431 g/mol. The molecule has 0 radical (unpaired) electrons. The first kappa shape index (κ1) is 23.7. The van der Waals surface area contributed by atoms with Crippen molar-refractivity contribution in [2.45, 2.75) is 39.2 Å². The van der Waals surface area contributed by atoms with E-state index in [1.165, 1.54) is 0 Å². The molecule has 0 aliphatic carbocycles. The van der Waals surface area contributed by atoms with Gasteiger partial charge < -0.3 is 20.7 Å². The predicted molar refractivity (Wildman–Crippen MR) is 123 cm³/mol. The first-order valence-electron chi connectivity index (χ1n) is 10.00. The highest BCUT2D eigenvalue weighted by atomic mass is 35.5. The van der Waals surface area contributed by atoms with E-state index in [4.69, 9.17) is 10.5 Å². The van der Waals surface area contributed by atoms with Crippen LogP contribution < -0.4 is 20.7 Å². The number of carbonyl (C=O) groups excluding carboxylic acids is 2. The number of nitrogens with one attached hydrogen (secondary N) is 1. The number of halogens is 1. The number of hydrogen-bond donors (Lipinski definition) is 2. The van der Waals surface area contributed by atoms with Crippen molar-refractivity contribution in [2.75, 3.05) is 23.9 Å². The minimum absolute atomic E-state index is 0. The van der Waals surface area contributed by atoms with Crippen LogP contribution in [0.1, 0.15) is 31.4 Å². The third-order valence-electron chi connectivity index (χ3n) is 5.10. The summed E-state index contributed by atoms with van der Waals surface area (Å²) in [5.74, 6) is 0.906. The van der Waals surface area contributed by atoms with Crippen LogP contribution in [0.3, 0.4) is 0 Å². The van der Waals surface area contributed by atoms with Crippen molar-refractivity contribution >= 4 is 35.6 Å². The topological polar surface area (TPSA) is 84.7 Å². The van der Waals surface area contributed by atoms with Gasteiger partial charge in [0, 0.05) is 17.9 Å². The second kappa shape index (κ2) is 10.5. The fraction of sp³-hybridized carbons (Fsp3) is 0.391. The lowest BCUT2D eigenvalue weighted by Crippen LogP contribution is -2.36. The molecular weight excluding hydrogens is 402 g/mol. The zero-order valence-corrected chi connectivity index (χ0v) is 18.5. The third-order valence-corrected chi connectivity index (χ3v) is 5.10. The molecule has 0 saturated carbocycles. The Bertz CT molecular complexity index is 901. The van der Waals surface area contributed by atoms with E-state index in [2.05, 4.69) is 5.32 Å². The molecular formula is C23H30ClN3O3. The van der Waals surface area contributed by atoms with Gasteiger partial charge in [-0.3, -0.25) is 9.59 Å². The van der Waals surface area contributed by atoms with Gasteiger partial charge in [-0.2, -0.15) is 0 Å². The molecule has 2 aromatic rings. The second-order valence-electron chi connectivity index (χ2n) is 7.89. The van der Waals surface area contributed by atoms with E-state index >= 15 is 0 Å². The molecule has 7 heteroatoms. The zero-order valence-electron chi connectivity index (χ0n) is 17.7. The summed E-state index contributed by atoms with van der Waals surface area (Å²) in [4.78, 5) is 27.0. The summed E-state index contributed by atoms with van der Waals surface area (Å²) >= 11 is 0. The Morgan fingerprint density at radius 3 is 2.67 bits per heavy atom. The van der Waals surface area contributed by atoms with E-state index in [0.717, 1.165) is 29.0 Å². The number of anilines is 2. The van der Waals surface area contributed by atoms with Gasteiger partial charge in [0.15, 0.2) is 0 Å². The number of carbonyl (C=O) groups is 2. The van der Waals surface area contributed by atoms with Crippen LogP contribution in [0, 0.1) is 5.92 Å². The first-order valence-corrected chi connectivity index (χ1v) is 10.00.